The Labute approximate surface area is 173 Å². The number of nitrogens with one attached hydrogen (secondary N) is 1. The molecule has 5 nitrogen and oxygen atoms in total. The van der Waals surface area contributed by atoms with Crippen LogP contribution < -0.4 is 5.32 Å². The number of para-hydroxylation sites is 1. The Bertz CT molecular complexity index is 1020. The van der Waals surface area contributed by atoms with Gasteiger partial charge in [-0.2, -0.15) is 0 Å². The molecule has 7 heteroatoms. The minimum atomic E-state index is -0.156. The lowest BCUT2D eigenvalue weighted by Crippen LogP contribution is -2.52. The third-order valence-electron chi connectivity index (χ3n) is 4.86. The van der Waals surface area contributed by atoms with Gasteiger partial charge in [-0.25, -0.2) is 0 Å². The van der Waals surface area contributed by atoms with Gasteiger partial charge in [-0.3, -0.25) is 10.1 Å². The number of carbonyl (C=O) groups excluding carboxylic acids is 1. The van der Waals surface area contributed by atoms with Crippen LogP contribution in [0.5, 0.6) is 0 Å². The number of hydrogen-bond acceptors (Lipinski definition) is 4. The molecule has 0 spiro atoms. The zero-order valence-electron chi connectivity index (χ0n) is 16.1. The molecule has 1 amide bonds. The van der Waals surface area contributed by atoms with Gasteiger partial charge in [-0.1, -0.05) is 18.2 Å². The van der Waals surface area contributed by atoms with Crippen LogP contribution >= 0.6 is 23.6 Å². The van der Waals surface area contributed by atoms with E-state index in [-0.39, 0.29) is 18.1 Å². The number of amides is 1. The summed E-state index contributed by atoms with van der Waals surface area (Å²) in [5.74, 6) is -0.156. The fourth-order valence-electron chi connectivity index (χ4n) is 3.64. The minimum Gasteiger partial charge on any atom is -0.372 e. The maximum atomic E-state index is 12.8. The molecule has 0 saturated carbocycles. The average molecular weight is 414 g/mol. The highest BCUT2D eigenvalue weighted by Crippen LogP contribution is 2.32. The van der Waals surface area contributed by atoms with Gasteiger partial charge in [0.05, 0.1) is 17.1 Å². The zero-order valence-corrected chi connectivity index (χ0v) is 17.8. The number of aromatic nitrogens is 1. The van der Waals surface area contributed by atoms with E-state index in [1.54, 1.807) is 0 Å². The molecule has 1 fully saturated rings. The van der Waals surface area contributed by atoms with Gasteiger partial charge in [-0.05, 0) is 56.8 Å². The second kappa shape index (κ2) is 7.66. The summed E-state index contributed by atoms with van der Waals surface area (Å²) < 4.78 is 7.87. The van der Waals surface area contributed by atoms with Crippen LogP contribution in [0.2, 0.25) is 0 Å². The maximum Gasteiger partial charge on any atom is 0.267 e. The highest BCUT2D eigenvalue weighted by atomic mass is 32.1. The van der Waals surface area contributed by atoms with Gasteiger partial charge in [0, 0.05) is 30.4 Å². The summed E-state index contributed by atoms with van der Waals surface area (Å²) in [6.07, 6.45) is 2.30. The molecular weight excluding hydrogens is 390 g/mol. The Morgan fingerprint density at radius 3 is 2.57 bits per heavy atom. The summed E-state index contributed by atoms with van der Waals surface area (Å²) >= 11 is 6.97. The third kappa shape index (κ3) is 3.70. The lowest BCUT2D eigenvalue weighted by atomic mass is 10.2. The minimum absolute atomic E-state index is 0.0939. The number of nitrogens with zero attached hydrogens (tertiary/aromatic N) is 2. The molecule has 1 N–H and O–H groups in total. The Balaban J connectivity index is 1.56. The van der Waals surface area contributed by atoms with E-state index in [2.05, 4.69) is 35.1 Å². The first-order chi connectivity index (χ1) is 13.4. The fraction of sp³-hybridized carbons (Fsp3) is 0.333. The lowest BCUT2D eigenvalue weighted by molar-refractivity contribution is -0.0481. The molecule has 2 unspecified atom stereocenters. The second-order valence-corrected chi connectivity index (χ2v) is 8.69. The normalized spacial score (nSPS) is 19.8. The van der Waals surface area contributed by atoms with Crippen LogP contribution in [0, 0.1) is 6.92 Å². The van der Waals surface area contributed by atoms with Crippen molar-refractivity contribution >= 4 is 44.8 Å². The first kappa shape index (κ1) is 19.1. The number of benzene rings is 1. The van der Waals surface area contributed by atoms with Crippen LogP contribution in [0.15, 0.2) is 42.6 Å². The van der Waals surface area contributed by atoms with Gasteiger partial charge in [0.25, 0.3) is 5.91 Å². The number of ether oxygens (including phenoxy) is 1. The number of rotatable bonds is 2. The highest BCUT2D eigenvalue weighted by molar-refractivity contribution is 7.80. The summed E-state index contributed by atoms with van der Waals surface area (Å²) in [6.45, 7) is 7.48. The molecule has 0 radical (unpaired) electrons. The Kier molecular flexibility index (Phi) is 5.23. The van der Waals surface area contributed by atoms with E-state index >= 15 is 0 Å². The third-order valence-corrected chi connectivity index (χ3v) is 6.36. The molecule has 0 bridgehead atoms. The van der Waals surface area contributed by atoms with Gasteiger partial charge in [0.15, 0.2) is 5.11 Å². The molecule has 1 saturated heterocycles. The van der Waals surface area contributed by atoms with E-state index < -0.39 is 0 Å². The molecule has 28 heavy (non-hydrogen) atoms. The summed E-state index contributed by atoms with van der Waals surface area (Å²) in [4.78, 5) is 16.6. The van der Waals surface area contributed by atoms with Gasteiger partial charge >= 0.3 is 0 Å². The van der Waals surface area contributed by atoms with Crippen LogP contribution in [0.1, 0.15) is 29.1 Å². The smallest absolute Gasteiger partial charge is 0.267 e. The van der Waals surface area contributed by atoms with Crippen molar-refractivity contribution in [2.75, 3.05) is 13.1 Å². The maximum absolute atomic E-state index is 12.8. The van der Waals surface area contributed by atoms with Crippen molar-refractivity contribution in [3.8, 4) is 5.69 Å². The van der Waals surface area contributed by atoms with Crippen molar-refractivity contribution < 1.29 is 9.53 Å². The number of thiocarbonyl (C=S) groups is 1. The van der Waals surface area contributed by atoms with Gasteiger partial charge < -0.3 is 14.2 Å². The topological polar surface area (TPSA) is 46.5 Å². The SMILES string of the molecule is Cc1cn(-c2ccccc2)c2sc(C(=O)NC(=S)N3CC(C)OC(C)C3)cc12. The molecule has 1 aliphatic heterocycles. The van der Waals surface area contributed by atoms with Crippen molar-refractivity contribution in [1.29, 1.82) is 0 Å². The predicted octanol–water partition coefficient (Wildman–Crippen LogP) is 4.12. The lowest BCUT2D eigenvalue weighted by Gasteiger charge is -2.36. The first-order valence-corrected chi connectivity index (χ1v) is 10.6. The molecule has 0 aliphatic carbocycles. The second-order valence-electron chi connectivity index (χ2n) is 7.27. The van der Waals surface area contributed by atoms with Crippen LogP contribution in [0.25, 0.3) is 15.9 Å². The number of hydrogen-bond donors (Lipinski definition) is 1. The van der Waals surface area contributed by atoms with E-state index in [0.29, 0.717) is 23.1 Å². The van der Waals surface area contributed by atoms with Crippen LogP contribution in [-0.2, 0) is 4.74 Å². The Morgan fingerprint density at radius 2 is 1.89 bits per heavy atom. The molecule has 3 heterocycles. The van der Waals surface area contributed by atoms with Crippen molar-refractivity contribution in [2.24, 2.45) is 0 Å². The summed E-state index contributed by atoms with van der Waals surface area (Å²) in [5, 5.41) is 4.46. The quantitative estimate of drug-likeness (QED) is 0.642. The molecule has 1 aromatic carbocycles. The number of thiophene rings is 1. The number of aryl methyl sites for hydroxylation is 1. The summed E-state index contributed by atoms with van der Waals surface area (Å²) in [5.41, 5.74) is 2.23. The van der Waals surface area contributed by atoms with E-state index in [0.717, 1.165) is 21.5 Å². The molecule has 3 aromatic rings. The summed E-state index contributed by atoms with van der Waals surface area (Å²) in [7, 11) is 0. The molecule has 2 atom stereocenters. The largest absolute Gasteiger partial charge is 0.372 e. The Morgan fingerprint density at radius 1 is 1.21 bits per heavy atom. The van der Waals surface area contributed by atoms with Crippen molar-refractivity contribution in [3.05, 3.63) is 53.0 Å². The van der Waals surface area contributed by atoms with Crippen molar-refractivity contribution in [1.82, 2.24) is 14.8 Å². The van der Waals surface area contributed by atoms with E-state index in [4.69, 9.17) is 17.0 Å². The molecule has 146 valence electrons. The highest BCUT2D eigenvalue weighted by Gasteiger charge is 2.25. The van der Waals surface area contributed by atoms with Crippen LogP contribution in [-0.4, -0.2) is 45.8 Å². The monoisotopic (exact) mass is 413 g/mol. The zero-order chi connectivity index (χ0) is 19.8. The van der Waals surface area contributed by atoms with E-state index in [1.165, 1.54) is 11.3 Å². The van der Waals surface area contributed by atoms with Gasteiger partial charge in [0.1, 0.15) is 4.83 Å². The molecule has 4 rings (SSSR count). The fourth-order valence-corrected chi connectivity index (χ4v) is 5.00. The molecule has 1 aliphatic rings. The number of fused-ring (bicyclic) bond motifs is 1. The van der Waals surface area contributed by atoms with Crippen LogP contribution in [0.4, 0.5) is 0 Å². The van der Waals surface area contributed by atoms with Crippen molar-refractivity contribution in [3.63, 3.8) is 0 Å². The van der Waals surface area contributed by atoms with Crippen LogP contribution in [0.3, 0.4) is 0 Å². The van der Waals surface area contributed by atoms with Crippen molar-refractivity contribution in [2.45, 2.75) is 33.0 Å². The van der Waals surface area contributed by atoms with Gasteiger partial charge in [0.2, 0.25) is 0 Å². The number of carbonyl (C=O) groups is 1. The Hall–Kier alpha value is -2.22. The molecule has 2 aromatic heterocycles. The predicted molar refractivity (Wildman–Crippen MR) is 118 cm³/mol. The standard InChI is InChI=1S/C21H23N3O2S2/c1-13-10-24(16-7-5-4-6-8-16)20-17(13)9-18(28-20)19(25)22-21(27)23-11-14(2)26-15(3)12-23/h4-10,14-15H,11-12H2,1-3H3,(H,22,25,27). The average Bonchev–Trinajstić information content (AvgIpc) is 3.22. The number of morpholine rings is 1. The van der Waals surface area contributed by atoms with E-state index in [9.17, 15) is 4.79 Å². The summed E-state index contributed by atoms with van der Waals surface area (Å²) in [6, 6.07) is 12.1. The molecular formula is C21H23N3O2S2. The van der Waals surface area contributed by atoms with Gasteiger partial charge in [-0.15, -0.1) is 11.3 Å². The first-order valence-electron chi connectivity index (χ1n) is 9.35. The van der Waals surface area contributed by atoms with E-state index in [1.807, 2.05) is 43.0 Å².